The Morgan fingerprint density at radius 1 is 1.03 bits per heavy atom. The number of benzene rings is 2. The van der Waals surface area contributed by atoms with Crippen molar-refractivity contribution in [2.24, 2.45) is 5.92 Å². The van der Waals surface area contributed by atoms with Crippen molar-refractivity contribution in [2.45, 2.75) is 25.7 Å². The molecule has 0 radical (unpaired) electrons. The summed E-state index contributed by atoms with van der Waals surface area (Å²) < 4.78 is 1.90. The molecule has 1 aromatic heterocycles. The fourth-order valence-electron chi connectivity index (χ4n) is 4.23. The molecule has 6 heteroatoms. The van der Waals surface area contributed by atoms with E-state index in [-0.39, 0.29) is 24.2 Å². The highest BCUT2D eigenvalue weighted by Crippen LogP contribution is 2.31. The average molecular weight is 386 g/mol. The largest absolute Gasteiger partial charge is 0.326 e. The van der Waals surface area contributed by atoms with Gasteiger partial charge < -0.3 is 14.8 Å². The minimum absolute atomic E-state index is 0.0125. The first-order valence-electron chi connectivity index (χ1n) is 9.99. The molecule has 2 aliphatic rings. The number of anilines is 2. The number of fused-ring (bicyclic) bond motifs is 1. The Hall–Kier alpha value is -3.41. The van der Waals surface area contributed by atoms with Crippen molar-refractivity contribution in [3.8, 4) is 5.69 Å². The first-order valence-corrected chi connectivity index (χ1v) is 9.99. The number of amides is 2. The van der Waals surface area contributed by atoms with Gasteiger partial charge in [-0.2, -0.15) is 0 Å². The van der Waals surface area contributed by atoms with Crippen LogP contribution in [0.5, 0.6) is 0 Å². The van der Waals surface area contributed by atoms with Gasteiger partial charge in [-0.1, -0.05) is 6.07 Å². The molecule has 2 heterocycles. The Morgan fingerprint density at radius 3 is 2.62 bits per heavy atom. The van der Waals surface area contributed by atoms with Gasteiger partial charge in [0.15, 0.2) is 0 Å². The number of carbonyl (C=O) groups excluding carboxylic acids is 2. The van der Waals surface area contributed by atoms with Crippen LogP contribution in [-0.4, -0.2) is 27.9 Å². The van der Waals surface area contributed by atoms with E-state index in [1.807, 2.05) is 41.1 Å². The lowest BCUT2D eigenvalue weighted by Gasteiger charge is -2.18. The molecule has 1 N–H and O–H groups in total. The molecular weight excluding hydrogens is 364 g/mol. The van der Waals surface area contributed by atoms with E-state index in [1.165, 1.54) is 17.5 Å². The van der Waals surface area contributed by atoms with E-state index in [9.17, 15) is 9.59 Å². The van der Waals surface area contributed by atoms with Gasteiger partial charge in [-0.3, -0.25) is 9.59 Å². The smallest absolute Gasteiger partial charge is 0.229 e. The monoisotopic (exact) mass is 386 g/mol. The zero-order chi connectivity index (χ0) is 19.8. The number of aromatic nitrogens is 2. The average Bonchev–Trinajstić information content (AvgIpc) is 3.48. The Kier molecular flexibility index (Phi) is 4.39. The molecule has 1 unspecified atom stereocenters. The minimum Gasteiger partial charge on any atom is -0.326 e. The molecule has 1 atom stereocenters. The molecule has 0 saturated carbocycles. The standard InChI is InChI=1S/C23H22N4O2/c28-22-13-18(14-27(22)21-7-4-16-2-1-3-17(16)12-21)23(29)25-19-5-8-20(9-6-19)26-11-10-24-15-26/h4-12,15,18H,1-3,13-14H2,(H,25,29). The van der Waals surface area contributed by atoms with Crippen LogP contribution in [0.2, 0.25) is 0 Å². The summed E-state index contributed by atoms with van der Waals surface area (Å²) in [7, 11) is 0. The van der Waals surface area contributed by atoms with Crippen LogP contribution in [-0.2, 0) is 22.4 Å². The summed E-state index contributed by atoms with van der Waals surface area (Å²) in [5, 5.41) is 2.95. The lowest BCUT2D eigenvalue weighted by Crippen LogP contribution is -2.28. The highest BCUT2D eigenvalue weighted by atomic mass is 16.2. The van der Waals surface area contributed by atoms with E-state index < -0.39 is 0 Å². The van der Waals surface area contributed by atoms with Crippen LogP contribution >= 0.6 is 0 Å². The van der Waals surface area contributed by atoms with Crippen LogP contribution in [0.25, 0.3) is 5.69 Å². The van der Waals surface area contributed by atoms with Gasteiger partial charge in [0.1, 0.15) is 0 Å². The summed E-state index contributed by atoms with van der Waals surface area (Å²) in [5.74, 6) is -0.444. The van der Waals surface area contributed by atoms with Crippen molar-refractivity contribution >= 4 is 23.2 Å². The number of hydrogen-bond donors (Lipinski definition) is 1. The predicted octanol–water partition coefficient (Wildman–Crippen LogP) is 3.35. The summed E-state index contributed by atoms with van der Waals surface area (Å²) >= 11 is 0. The van der Waals surface area contributed by atoms with Crippen molar-refractivity contribution in [1.29, 1.82) is 0 Å². The summed E-state index contributed by atoms with van der Waals surface area (Å²) in [5.41, 5.74) is 5.33. The summed E-state index contributed by atoms with van der Waals surface area (Å²) in [6, 6.07) is 13.8. The van der Waals surface area contributed by atoms with Gasteiger partial charge in [-0.25, -0.2) is 4.98 Å². The molecule has 1 aliphatic heterocycles. The van der Waals surface area contributed by atoms with Crippen LogP contribution in [0, 0.1) is 5.92 Å². The highest BCUT2D eigenvalue weighted by molar-refractivity contribution is 6.03. The van der Waals surface area contributed by atoms with Crippen molar-refractivity contribution in [3.05, 3.63) is 72.3 Å². The van der Waals surface area contributed by atoms with E-state index in [2.05, 4.69) is 22.4 Å². The van der Waals surface area contributed by atoms with Crippen molar-refractivity contribution in [3.63, 3.8) is 0 Å². The van der Waals surface area contributed by atoms with Crippen LogP contribution < -0.4 is 10.2 Å². The second-order valence-corrected chi connectivity index (χ2v) is 7.72. The van der Waals surface area contributed by atoms with Crippen molar-refractivity contribution in [1.82, 2.24) is 9.55 Å². The van der Waals surface area contributed by atoms with E-state index in [0.29, 0.717) is 6.54 Å². The minimum atomic E-state index is -0.343. The second-order valence-electron chi connectivity index (χ2n) is 7.72. The van der Waals surface area contributed by atoms with Crippen LogP contribution in [0.1, 0.15) is 24.0 Å². The van der Waals surface area contributed by atoms with Gasteiger partial charge in [0, 0.05) is 42.4 Å². The van der Waals surface area contributed by atoms with Gasteiger partial charge in [-0.15, -0.1) is 0 Å². The van der Waals surface area contributed by atoms with E-state index in [4.69, 9.17) is 0 Å². The summed E-state index contributed by atoms with van der Waals surface area (Å²) in [6.45, 7) is 0.427. The first-order chi connectivity index (χ1) is 14.2. The summed E-state index contributed by atoms with van der Waals surface area (Å²) in [6.07, 6.45) is 8.93. The van der Waals surface area contributed by atoms with E-state index in [0.717, 1.165) is 29.9 Å². The fraction of sp³-hybridized carbons (Fsp3) is 0.261. The van der Waals surface area contributed by atoms with E-state index >= 15 is 0 Å². The van der Waals surface area contributed by atoms with Crippen molar-refractivity contribution < 1.29 is 9.59 Å². The van der Waals surface area contributed by atoms with Crippen LogP contribution in [0.3, 0.4) is 0 Å². The maximum atomic E-state index is 12.7. The van der Waals surface area contributed by atoms with E-state index in [1.54, 1.807) is 17.4 Å². The topological polar surface area (TPSA) is 67.2 Å². The summed E-state index contributed by atoms with van der Waals surface area (Å²) in [4.78, 5) is 31.1. The molecule has 2 aromatic carbocycles. The number of aryl methyl sites for hydroxylation is 2. The molecule has 5 rings (SSSR count). The van der Waals surface area contributed by atoms with Crippen LogP contribution in [0.15, 0.2) is 61.2 Å². The number of imidazole rings is 1. The molecule has 0 bridgehead atoms. The molecule has 3 aromatic rings. The normalized spacial score (nSPS) is 18.1. The molecule has 146 valence electrons. The van der Waals surface area contributed by atoms with Gasteiger partial charge >= 0.3 is 0 Å². The third-order valence-corrected chi connectivity index (χ3v) is 5.83. The van der Waals surface area contributed by atoms with Gasteiger partial charge in [0.25, 0.3) is 0 Å². The SMILES string of the molecule is O=C(Nc1ccc(-n2ccnc2)cc1)C1CC(=O)N(c2ccc3c(c2)CCC3)C1. The lowest BCUT2D eigenvalue weighted by atomic mass is 10.1. The number of rotatable bonds is 4. The van der Waals surface area contributed by atoms with Gasteiger partial charge in [-0.05, 0) is 66.8 Å². The molecule has 1 saturated heterocycles. The maximum absolute atomic E-state index is 12.7. The number of nitrogens with zero attached hydrogens (tertiary/aromatic N) is 3. The molecule has 6 nitrogen and oxygen atoms in total. The number of carbonyl (C=O) groups is 2. The lowest BCUT2D eigenvalue weighted by molar-refractivity contribution is -0.122. The molecule has 29 heavy (non-hydrogen) atoms. The fourth-order valence-corrected chi connectivity index (χ4v) is 4.23. The Labute approximate surface area is 169 Å². The number of hydrogen-bond acceptors (Lipinski definition) is 3. The highest BCUT2D eigenvalue weighted by Gasteiger charge is 2.35. The predicted molar refractivity (Wildman–Crippen MR) is 111 cm³/mol. The third-order valence-electron chi connectivity index (χ3n) is 5.83. The van der Waals surface area contributed by atoms with Gasteiger partial charge in [0.2, 0.25) is 11.8 Å². The Balaban J connectivity index is 1.26. The molecule has 2 amide bonds. The molecule has 1 aliphatic carbocycles. The first kappa shape index (κ1) is 17.7. The van der Waals surface area contributed by atoms with Crippen molar-refractivity contribution in [2.75, 3.05) is 16.8 Å². The quantitative estimate of drug-likeness (QED) is 0.748. The van der Waals surface area contributed by atoms with Crippen LogP contribution in [0.4, 0.5) is 11.4 Å². The second kappa shape index (κ2) is 7.20. The zero-order valence-corrected chi connectivity index (χ0v) is 16.0. The number of nitrogens with one attached hydrogen (secondary N) is 1. The maximum Gasteiger partial charge on any atom is 0.229 e. The Morgan fingerprint density at radius 2 is 1.83 bits per heavy atom. The molecular formula is C23H22N4O2. The molecule has 0 spiro atoms. The molecule has 1 fully saturated rings. The third kappa shape index (κ3) is 3.42. The Bertz CT molecular complexity index is 1060. The zero-order valence-electron chi connectivity index (χ0n) is 16.0. The van der Waals surface area contributed by atoms with Gasteiger partial charge in [0.05, 0.1) is 12.2 Å².